The van der Waals surface area contributed by atoms with Gasteiger partial charge in [-0.2, -0.15) is 39.5 Å². The Morgan fingerprint density at radius 2 is 0.735 bits per heavy atom. The molecule has 0 aromatic heterocycles. The van der Waals surface area contributed by atoms with Crippen LogP contribution < -0.4 is 9.80 Å². The highest BCUT2D eigenvalue weighted by atomic mass is 19.4. The molecule has 0 spiro atoms. The molecule has 0 saturated carbocycles. The maximum Gasteiger partial charge on any atom is 0.426 e. The Hall–Kier alpha value is -9.35. The minimum atomic E-state index is -5.32. The third-order valence-corrected chi connectivity index (χ3v) is 15.9. The summed E-state index contributed by atoms with van der Waals surface area (Å²) in [5.74, 6) is -7.93. The second-order valence-corrected chi connectivity index (χ2v) is 20.8. The van der Waals surface area contributed by atoms with Gasteiger partial charge in [-0.15, -0.1) is 0 Å². The van der Waals surface area contributed by atoms with E-state index in [1.165, 1.54) is 46.1 Å². The lowest BCUT2D eigenvalue weighted by atomic mass is 9.74. The van der Waals surface area contributed by atoms with Crippen LogP contribution in [-0.2, 0) is 16.5 Å². The summed E-state index contributed by atoms with van der Waals surface area (Å²) < 4.78 is 144. The summed E-state index contributed by atoms with van der Waals surface area (Å²) in [5, 5.41) is 9.36. The highest BCUT2D eigenvalue weighted by molar-refractivity contribution is 6.35. The molecule has 3 atom stereocenters. The van der Waals surface area contributed by atoms with E-state index < -0.39 is 111 Å². The molecule has 0 saturated heterocycles. The SMILES string of the molecule is Cc1cc(C(=O)O)cc(N2C(=O)c3ccc(C(C)(c4ccc5c(c4)C(=O)N(C)C5=O)C(F)(F)F)cc3C2=O)c1.Cc1cc(C(C)(F)C(F)(F)F)cc(N2C(=O)c3ccc(C(C)(c4ccc5c(c4)C(=O)N(C)C5=O)C(F)(F)F)cc3C2=O)c1C. The lowest BCUT2D eigenvalue weighted by Crippen LogP contribution is -2.41. The Kier molecular flexibility index (Phi) is 13.4. The van der Waals surface area contributed by atoms with Gasteiger partial charge in [0, 0.05) is 19.7 Å². The number of alkyl halides is 10. The number of carbonyl (C=O) groups is 9. The van der Waals surface area contributed by atoms with E-state index in [1.54, 1.807) is 6.92 Å². The van der Waals surface area contributed by atoms with Crippen molar-refractivity contribution in [2.75, 3.05) is 23.9 Å². The quantitative estimate of drug-likeness (QED) is 0.113. The van der Waals surface area contributed by atoms with Crippen molar-refractivity contribution in [3.63, 3.8) is 0 Å². The first-order chi connectivity index (χ1) is 38.3. The molecule has 0 aliphatic carbocycles. The number of aryl methyl sites for hydroxylation is 2. The van der Waals surface area contributed by atoms with E-state index in [-0.39, 0.29) is 78.1 Å². The number of anilines is 2. The topological polar surface area (TPSA) is 187 Å². The molecular formula is C59H42F10N4O10. The second-order valence-electron chi connectivity index (χ2n) is 20.8. The maximum atomic E-state index is 14.9. The molecule has 3 unspecified atom stereocenters. The normalized spacial score (nSPS) is 17.3. The van der Waals surface area contributed by atoms with Crippen molar-refractivity contribution in [2.45, 2.75) is 76.6 Å². The van der Waals surface area contributed by atoms with Crippen molar-refractivity contribution in [3.05, 3.63) is 198 Å². The number of fused-ring (bicyclic) bond motifs is 4. The monoisotopic (exact) mass is 1160 g/mol. The standard InChI is InChI=1S/C31H23F7N2O4.C28H19F3N2O6/c1-14-10-18(29(4,32)31(36,37)38)13-23(15(14)2)40-26(43)20-9-7-17(12-22(20)27(40)44)28(3,30(33,34)35)16-6-8-19-21(11-16)25(42)39(5)24(19)41;1-13-8-14(26(38)39)10-17(9-13)33-24(36)19-7-5-16(12-21(19)25(33)37)27(2,28(29,30)31)15-4-6-18-20(11-15)23(35)32(3)22(18)34/h6-13H,1-5H3;4-12H,1-3H3,(H,38,39). The van der Waals surface area contributed by atoms with Crippen molar-refractivity contribution in [3.8, 4) is 0 Å². The fraction of sp³-hybridized carbons (Fsp3) is 0.237. The molecule has 0 fully saturated rings. The zero-order valence-corrected chi connectivity index (χ0v) is 44.5. The number of carbonyl (C=O) groups excluding carboxylic acids is 8. The first-order valence-electron chi connectivity index (χ1n) is 24.7. The predicted molar refractivity (Wildman–Crippen MR) is 274 cm³/mol. The number of carboxylic acids is 1. The fourth-order valence-electron chi connectivity index (χ4n) is 10.4. The number of carboxylic acid groups (broad SMARTS) is 1. The van der Waals surface area contributed by atoms with Crippen LogP contribution in [0.25, 0.3) is 0 Å². The van der Waals surface area contributed by atoms with Gasteiger partial charge in [-0.05, 0) is 153 Å². The van der Waals surface area contributed by atoms with Crippen LogP contribution in [0.5, 0.6) is 0 Å². The highest BCUT2D eigenvalue weighted by Crippen LogP contribution is 2.51. The first-order valence-corrected chi connectivity index (χ1v) is 24.7. The van der Waals surface area contributed by atoms with Crippen LogP contribution in [0.15, 0.2) is 103 Å². The maximum absolute atomic E-state index is 14.9. The number of rotatable bonds is 8. The molecule has 8 amide bonds. The zero-order valence-electron chi connectivity index (χ0n) is 44.5. The molecule has 1 N–H and O–H groups in total. The van der Waals surface area contributed by atoms with E-state index in [2.05, 4.69) is 0 Å². The number of aromatic carboxylic acids is 1. The molecule has 0 bridgehead atoms. The van der Waals surface area contributed by atoms with Crippen LogP contribution in [0.3, 0.4) is 0 Å². The molecule has 6 aromatic rings. The molecule has 0 radical (unpaired) electrons. The van der Waals surface area contributed by atoms with Gasteiger partial charge in [-0.1, -0.05) is 30.3 Å². The van der Waals surface area contributed by atoms with Gasteiger partial charge in [-0.25, -0.2) is 19.0 Å². The van der Waals surface area contributed by atoms with Gasteiger partial charge in [0.2, 0.25) is 5.67 Å². The summed E-state index contributed by atoms with van der Waals surface area (Å²) in [6.45, 7) is 6.36. The summed E-state index contributed by atoms with van der Waals surface area (Å²) in [5.41, 5.74) is -13.2. The highest BCUT2D eigenvalue weighted by Gasteiger charge is 2.57. The van der Waals surface area contributed by atoms with Gasteiger partial charge in [0.25, 0.3) is 47.3 Å². The van der Waals surface area contributed by atoms with E-state index in [9.17, 15) is 92.2 Å². The molecule has 4 heterocycles. The largest absolute Gasteiger partial charge is 0.478 e. The number of benzene rings is 6. The van der Waals surface area contributed by atoms with Gasteiger partial charge in [0.1, 0.15) is 10.8 Å². The van der Waals surface area contributed by atoms with Crippen molar-refractivity contribution >= 4 is 64.6 Å². The van der Waals surface area contributed by atoms with Gasteiger partial charge < -0.3 is 5.11 Å². The second kappa shape index (κ2) is 19.1. The molecule has 4 aliphatic rings. The molecule has 428 valence electrons. The minimum Gasteiger partial charge on any atom is -0.478 e. The molecule has 6 aromatic carbocycles. The van der Waals surface area contributed by atoms with Crippen molar-refractivity contribution < 1.29 is 92.2 Å². The molecule has 4 aliphatic heterocycles. The van der Waals surface area contributed by atoms with E-state index in [4.69, 9.17) is 0 Å². The number of amides is 8. The molecule has 24 heteroatoms. The summed E-state index contributed by atoms with van der Waals surface area (Å²) in [4.78, 5) is 117. The smallest absolute Gasteiger partial charge is 0.426 e. The molecular weight excluding hydrogens is 1110 g/mol. The summed E-state index contributed by atoms with van der Waals surface area (Å²) >= 11 is 0. The van der Waals surface area contributed by atoms with E-state index in [0.29, 0.717) is 17.4 Å². The van der Waals surface area contributed by atoms with E-state index in [0.717, 1.165) is 113 Å². The average molecular weight is 1160 g/mol. The molecule has 83 heavy (non-hydrogen) atoms. The van der Waals surface area contributed by atoms with Crippen LogP contribution in [0.1, 0.15) is 159 Å². The van der Waals surface area contributed by atoms with Crippen molar-refractivity contribution in [2.24, 2.45) is 0 Å². The number of hydrogen-bond donors (Lipinski definition) is 1. The number of nitrogens with zero attached hydrogens (tertiary/aromatic N) is 4. The molecule has 14 nitrogen and oxygen atoms in total. The van der Waals surface area contributed by atoms with Crippen molar-refractivity contribution in [1.82, 2.24) is 9.80 Å². The van der Waals surface area contributed by atoms with Crippen LogP contribution in [0.2, 0.25) is 0 Å². The summed E-state index contributed by atoms with van der Waals surface area (Å²) in [7, 11) is 2.42. The molecule has 10 rings (SSSR count). The van der Waals surface area contributed by atoms with Gasteiger partial charge in [0.05, 0.1) is 61.4 Å². The Morgan fingerprint density at radius 3 is 1.11 bits per heavy atom. The minimum absolute atomic E-state index is 0.0139. The van der Waals surface area contributed by atoms with Gasteiger partial charge in [-0.3, -0.25) is 48.2 Å². The zero-order chi connectivity index (χ0) is 61.5. The third-order valence-electron chi connectivity index (χ3n) is 15.9. The Morgan fingerprint density at radius 1 is 0.398 bits per heavy atom. The predicted octanol–water partition coefficient (Wildman–Crippen LogP) is 11.5. The lowest BCUT2D eigenvalue weighted by molar-refractivity contribution is -0.228. The van der Waals surface area contributed by atoms with Crippen LogP contribution in [-0.4, -0.2) is 101 Å². The van der Waals surface area contributed by atoms with Gasteiger partial charge >= 0.3 is 24.5 Å². The third kappa shape index (κ3) is 8.74. The van der Waals surface area contributed by atoms with Crippen LogP contribution in [0.4, 0.5) is 55.3 Å². The van der Waals surface area contributed by atoms with Crippen LogP contribution in [0, 0.1) is 20.8 Å². The Bertz CT molecular complexity index is 3980. The summed E-state index contributed by atoms with van der Waals surface area (Å²) in [6.07, 6.45) is -15.2. The first kappa shape index (κ1) is 58.3. The van der Waals surface area contributed by atoms with E-state index >= 15 is 0 Å². The number of hydrogen-bond acceptors (Lipinski definition) is 9. The van der Waals surface area contributed by atoms with Crippen LogP contribution >= 0.6 is 0 Å². The average Bonchev–Trinajstić information content (AvgIpc) is 3.12. The number of imide groups is 4. The fourth-order valence-corrected chi connectivity index (χ4v) is 10.4. The lowest BCUT2D eigenvalue weighted by Gasteiger charge is -2.33. The summed E-state index contributed by atoms with van der Waals surface area (Å²) in [6, 6.07) is 18.1. The van der Waals surface area contributed by atoms with E-state index in [1.807, 2.05) is 0 Å². The van der Waals surface area contributed by atoms with Gasteiger partial charge in [0.15, 0.2) is 0 Å². The Balaban J connectivity index is 0.000000201. The van der Waals surface area contributed by atoms with Crippen molar-refractivity contribution in [1.29, 1.82) is 0 Å². The Labute approximate surface area is 463 Å². The number of halogens is 10.